The summed E-state index contributed by atoms with van der Waals surface area (Å²) in [5.41, 5.74) is 9.82. The summed E-state index contributed by atoms with van der Waals surface area (Å²) >= 11 is 0. The number of imide groups is 1. The third-order valence-electron chi connectivity index (χ3n) is 6.02. The van der Waals surface area contributed by atoms with Gasteiger partial charge in [0, 0.05) is 18.4 Å². The fourth-order valence-electron chi connectivity index (χ4n) is 4.08. The molecule has 198 valence electrons. The Kier molecular flexibility index (Phi) is 8.81. The lowest BCUT2D eigenvalue weighted by Gasteiger charge is -2.26. The van der Waals surface area contributed by atoms with Gasteiger partial charge in [0.15, 0.2) is 0 Å². The molecule has 0 radical (unpaired) electrons. The number of amidine groups is 1. The van der Waals surface area contributed by atoms with E-state index in [0.29, 0.717) is 41.2 Å². The van der Waals surface area contributed by atoms with E-state index in [1.807, 2.05) is 12.1 Å². The van der Waals surface area contributed by atoms with Crippen LogP contribution in [0.15, 0.2) is 78.9 Å². The molecule has 0 aliphatic carbocycles. The maximum atomic E-state index is 14.2. The van der Waals surface area contributed by atoms with Crippen molar-refractivity contribution < 1.29 is 23.2 Å². The smallest absolute Gasteiger partial charge is 0.416 e. The molecule has 1 aliphatic heterocycles. The van der Waals surface area contributed by atoms with E-state index in [9.17, 15) is 14.2 Å². The highest BCUT2D eigenvalue weighted by Gasteiger charge is 2.31. The molecule has 4 rings (SSSR count). The summed E-state index contributed by atoms with van der Waals surface area (Å²) in [4.78, 5) is 25.8. The molecule has 3 aromatic rings. The Bertz CT molecular complexity index is 1270. The molecule has 38 heavy (non-hydrogen) atoms. The molecule has 0 aromatic heterocycles. The van der Waals surface area contributed by atoms with Gasteiger partial charge in [-0.15, -0.1) is 0 Å². The first-order valence-corrected chi connectivity index (χ1v) is 14.2. The summed E-state index contributed by atoms with van der Waals surface area (Å²) in [6, 6.07) is 22.2. The molecule has 0 spiro atoms. The lowest BCUT2D eigenvalue weighted by molar-refractivity contribution is -0.143. The first kappa shape index (κ1) is 26.9. The van der Waals surface area contributed by atoms with Crippen molar-refractivity contribution in [3.8, 4) is 11.5 Å². The van der Waals surface area contributed by atoms with Crippen LogP contribution in [0.2, 0.25) is 0 Å². The van der Waals surface area contributed by atoms with Crippen LogP contribution in [-0.4, -0.2) is 22.7 Å². The summed E-state index contributed by atoms with van der Waals surface area (Å²) in [5.74, 6) is -0.148. The second-order valence-electron chi connectivity index (χ2n) is 9.01. The van der Waals surface area contributed by atoms with Gasteiger partial charge in [-0.25, -0.2) is 4.57 Å². The van der Waals surface area contributed by atoms with Crippen molar-refractivity contribution in [1.82, 2.24) is 5.01 Å². The third-order valence-corrected chi connectivity index (χ3v) is 7.73. The zero-order valence-corrected chi connectivity index (χ0v) is 21.9. The minimum Gasteiger partial charge on any atom is -0.416 e. The highest BCUT2D eigenvalue weighted by atomic mass is 31.2. The van der Waals surface area contributed by atoms with Gasteiger partial charge in [0.2, 0.25) is 11.8 Å². The van der Waals surface area contributed by atoms with Gasteiger partial charge in [-0.3, -0.25) is 20.4 Å². The van der Waals surface area contributed by atoms with Crippen LogP contribution in [-0.2, 0) is 20.3 Å². The van der Waals surface area contributed by atoms with Crippen LogP contribution in [0.5, 0.6) is 11.5 Å². The van der Waals surface area contributed by atoms with Crippen LogP contribution in [0, 0.1) is 5.41 Å². The molecule has 1 saturated heterocycles. The number of carbonyl (C=O) groups excluding carboxylic acids is 2. The zero-order valence-electron chi connectivity index (χ0n) is 21.0. The SMILES string of the molecule is N=C(N)c1ccc(CP(=O)(Oc2ccccc2)Oc2ccccc2)c(NN2C(=O)CCCCCCC2=O)c1. The molecule has 4 N–H and O–H groups in total. The van der Waals surface area contributed by atoms with Crippen molar-refractivity contribution in [2.75, 3.05) is 5.43 Å². The number of nitrogen functional groups attached to an aromatic ring is 1. The van der Waals surface area contributed by atoms with E-state index in [1.54, 1.807) is 66.7 Å². The van der Waals surface area contributed by atoms with Gasteiger partial charge >= 0.3 is 7.60 Å². The van der Waals surface area contributed by atoms with Gasteiger partial charge < -0.3 is 14.8 Å². The maximum absolute atomic E-state index is 14.2. The Morgan fingerprint density at radius 2 is 1.37 bits per heavy atom. The summed E-state index contributed by atoms with van der Waals surface area (Å²) in [6.07, 6.45) is 3.42. The molecule has 1 heterocycles. The number of anilines is 1. The van der Waals surface area contributed by atoms with Gasteiger partial charge in [0.1, 0.15) is 23.5 Å². The number of nitrogens with two attached hydrogens (primary N) is 1. The van der Waals surface area contributed by atoms with Crippen molar-refractivity contribution in [2.45, 2.75) is 44.7 Å². The minimum absolute atomic E-state index is 0.187. The van der Waals surface area contributed by atoms with E-state index in [4.69, 9.17) is 20.2 Å². The molecule has 1 aliphatic rings. The molecular weight excluding hydrogens is 503 g/mol. The Labute approximate surface area is 222 Å². The van der Waals surface area contributed by atoms with Gasteiger partial charge in [0.05, 0.1) is 5.69 Å². The summed E-state index contributed by atoms with van der Waals surface area (Å²) in [7, 11) is -3.87. The van der Waals surface area contributed by atoms with E-state index in [1.165, 1.54) is 0 Å². The molecule has 0 atom stereocenters. The van der Waals surface area contributed by atoms with Crippen LogP contribution < -0.4 is 20.2 Å². The number of amides is 2. The second kappa shape index (κ2) is 12.4. The predicted molar refractivity (Wildman–Crippen MR) is 146 cm³/mol. The van der Waals surface area contributed by atoms with E-state index >= 15 is 0 Å². The molecule has 9 nitrogen and oxygen atoms in total. The Morgan fingerprint density at radius 1 is 0.842 bits per heavy atom. The monoisotopic (exact) mass is 534 g/mol. The maximum Gasteiger partial charge on any atom is 0.435 e. The van der Waals surface area contributed by atoms with Crippen molar-refractivity contribution in [2.24, 2.45) is 5.73 Å². The number of nitrogens with zero attached hydrogens (tertiary/aromatic N) is 1. The van der Waals surface area contributed by atoms with E-state index in [2.05, 4.69) is 5.43 Å². The van der Waals surface area contributed by atoms with E-state index in [-0.39, 0.29) is 36.7 Å². The largest absolute Gasteiger partial charge is 0.435 e. The number of nitrogens with one attached hydrogen (secondary N) is 2. The van der Waals surface area contributed by atoms with E-state index in [0.717, 1.165) is 17.9 Å². The highest BCUT2D eigenvalue weighted by Crippen LogP contribution is 2.52. The van der Waals surface area contributed by atoms with Gasteiger partial charge in [0.25, 0.3) is 0 Å². The number of rotatable bonds is 9. The standard InChI is InChI=1S/C28H31N4O5P/c29-28(30)21-17-18-22(25(19-21)31-32-26(33)15-9-1-2-10-16-27(32)34)20-38(35,36-23-11-5-3-6-12-23)37-24-13-7-4-8-14-24/h3-8,11-14,17-19,31H,1-2,9-10,15-16,20H2,(H3,29,30). The molecule has 3 aromatic carbocycles. The van der Waals surface area contributed by atoms with E-state index < -0.39 is 7.60 Å². The molecule has 0 unspecified atom stereocenters. The minimum atomic E-state index is -3.87. The van der Waals surface area contributed by atoms with Crippen molar-refractivity contribution in [3.63, 3.8) is 0 Å². The fourth-order valence-corrected chi connectivity index (χ4v) is 5.82. The summed E-state index contributed by atoms with van der Waals surface area (Å²) in [6.45, 7) is 0. The van der Waals surface area contributed by atoms with Crippen molar-refractivity contribution >= 4 is 30.9 Å². The number of carbonyl (C=O) groups is 2. The number of hydrazine groups is 1. The molecular formula is C28H31N4O5P. The number of benzene rings is 3. The van der Waals surface area contributed by atoms with Crippen LogP contribution in [0.4, 0.5) is 5.69 Å². The third kappa shape index (κ3) is 7.23. The first-order valence-electron chi connectivity index (χ1n) is 12.5. The summed E-state index contributed by atoms with van der Waals surface area (Å²) in [5, 5.41) is 8.89. The number of hydrogen-bond donors (Lipinski definition) is 3. The first-order chi connectivity index (χ1) is 18.3. The van der Waals surface area contributed by atoms with Crippen LogP contribution >= 0.6 is 7.60 Å². The van der Waals surface area contributed by atoms with Gasteiger partial charge in [-0.2, -0.15) is 5.01 Å². The Morgan fingerprint density at radius 3 is 1.87 bits per heavy atom. The second-order valence-corrected chi connectivity index (χ2v) is 10.9. The molecule has 10 heteroatoms. The van der Waals surface area contributed by atoms with Crippen LogP contribution in [0.3, 0.4) is 0 Å². The van der Waals surface area contributed by atoms with Crippen LogP contribution in [0.25, 0.3) is 0 Å². The quantitative estimate of drug-likeness (QED) is 0.135. The van der Waals surface area contributed by atoms with Crippen molar-refractivity contribution in [3.05, 3.63) is 90.0 Å². The normalized spacial score (nSPS) is 14.7. The van der Waals surface area contributed by atoms with Gasteiger partial charge in [-0.05, 0) is 48.7 Å². The number of para-hydroxylation sites is 2. The molecule has 0 saturated carbocycles. The fraction of sp³-hybridized carbons (Fsp3) is 0.250. The number of hydrogen-bond acceptors (Lipinski definition) is 7. The lowest BCUT2D eigenvalue weighted by Crippen LogP contribution is -2.41. The van der Waals surface area contributed by atoms with Gasteiger partial charge in [-0.1, -0.05) is 61.4 Å². The molecule has 2 amide bonds. The molecule has 0 bridgehead atoms. The zero-order chi connectivity index (χ0) is 27.0. The topological polar surface area (TPSA) is 135 Å². The van der Waals surface area contributed by atoms with Crippen LogP contribution in [0.1, 0.15) is 49.7 Å². The Hall–Kier alpha value is -4.10. The lowest BCUT2D eigenvalue weighted by atomic mass is 10.1. The average Bonchev–Trinajstić information content (AvgIpc) is 2.97. The molecule has 1 fully saturated rings. The predicted octanol–water partition coefficient (Wildman–Crippen LogP) is 5.86. The van der Waals surface area contributed by atoms with Crippen molar-refractivity contribution in [1.29, 1.82) is 5.41 Å². The Balaban J connectivity index is 1.70. The highest BCUT2D eigenvalue weighted by molar-refractivity contribution is 7.53. The average molecular weight is 535 g/mol. The summed E-state index contributed by atoms with van der Waals surface area (Å²) < 4.78 is 26.0.